The summed E-state index contributed by atoms with van der Waals surface area (Å²) in [6.07, 6.45) is 1.22. The molecule has 84 valence electrons. The van der Waals surface area contributed by atoms with Gasteiger partial charge in [0.1, 0.15) is 0 Å². The lowest BCUT2D eigenvalue weighted by molar-refractivity contribution is -0.253. The molecule has 1 atom stereocenters. The summed E-state index contributed by atoms with van der Waals surface area (Å²) < 4.78 is 11.1. The number of hydrogen-bond acceptors (Lipinski definition) is 3. The van der Waals surface area contributed by atoms with Crippen LogP contribution in [0, 0.1) is 5.92 Å². The van der Waals surface area contributed by atoms with Gasteiger partial charge in [0.05, 0.1) is 19.3 Å². The highest BCUT2D eigenvalue weighted by Gasteiger charge is 2.27. The summed E-state index contributed by atoms with van der Waals surface area (Å²) in [5.74, 6) is 0.332. The maximum absolute atomic E-state index is 5.56. The first-order valence-electron chi connectivity index (χ1n) is 5.55. The van der Waals surface area contributed by atoms with Crippen molar-refractivity contribution in [3.8, 4) is 0 Å². The molecule has 3 nitrogen and oxygen atoms in total. The molecule has 1 aliphatic rings. The van der Waals surface area contributed by atoms with Gasteiger partial charge in [-0.1, -0.05) is 20.3 Å². The molecule has 0 amide bonds. The van der Waals surface area contributed by atoms with Gasteiger partial charge in [-0.05, 0) is 26.3 Å². The Labute approximate surface area is 87.2 Å². The highest BCUT2D eigenvalue weighted by atomic mass is 16.7. The van der Waals surface area contributed by atoms with Gasteiger partial charge in [-0.15, -0.1) is 0 Å². The zero-order valence-corrected chi connectivity index (χ0v) is 9.80. The smallest absolute Gasteiger partial charge is 0.162 e. The van der Waals surface area contributed by atoms with E-state index in [1.54, 1.807) is 0 Å². The first kappa shape index (κ1) is 12.0. The summed E-state index contributed by atoms with van der Waals surface area (Å²) in [6, 6.07) is 0.358. The Hall–Kier alpha value is -0.120. The Bertz CT molecular complexity index is 161. The average Bonchev–Trinajstić information content (AvgIpc) is 2.16. The van der Waals surface area contributed by atoms with E-state index in [9.17, 15) is 0 Å². The lowest BCUT2D eigenvalue weighted by Crippen LogP contribution is -2.49. The summed E-state index contributed by atoms with van der Waals surface area (Å²) in [7, 11) is 0. The van der Waals surface area contributed by atoms with Crippen molar-refractivity contribution in [3.05, 3.63) is 0 Å². The van der Waals surface area contributed by atoms with Crippen LogP contribution in [-0.2, 0) is 9.47 Å². The molecule has 0 saturated carbocycles. The van der Waals surface area contributed by atoms with E-state index in [-0.39, 0.29) is 0 Å². The van der Waals surface area contributed by atoms with Gasteiger partial charge >= 0.3 is 0 Å². The van der Waals surface area contributed by atoms with Crippen LogP contribution in [0.15, 0.2) is 0 Å². The molecule has 0 radical (unpaired) electrons. The molecule has 0 bridgehead atoms. The average molecular weight is 201 g/mol. The van der Waals surface area contributed by atoms with Crippen molar-refractivity contribution >= 4 is 0 Å². The minimum absolute atomic E-state index is 0.358. The highest BCUT2D eigenvalue weighted by molar-refractivity contribution is 4.73. The highest BCUT2D eigenvalue weighted by Crippen LogP contribution is 2.16. The molecule has 1 fully saturated rings. The van der Waals surface area contributed by atoms with Crippen LogP contribution in [-0.4, -0.2) is 31.6 Å². The third-order valence-electron chi connectivity index (χ3n) is 2.72. The molecule has 0 aromatic carbocycles. The van der Waals surface area contributed by atoms with Crippen molar-refractivity contribution < 1.29 is 9.47 Å². The van der Waals surface area contributed by atoms with Crippen LogP contribution in [0.4, 0.5) is 0 Å². The van der Waals surface area contributed by atoms with E-state index >= 15 is 0 Å². The second-order valence-corrected chi connectivity index (χ2v) is 4.64. The van der Waals surface area contributed by atoms with Gasteiger partial charge in [0.15, 0.2) is 5.79 Å². The van der Waals surface area contributed by atoms with Crippen LogP contribution in [0.1, 0.15) is 34.1 Å². The Morgan fingerprint density at radius 3 is 2.43 bits per heavy atom. The second kappa shape index (κ2) is 5.10. The fourth-order valence-electron chi connectivity index (χ4n) is 1.32. The fourth-order valence-corrected chi connectivity index (χ4v) is 1.32. The predicted molar refractivity (Wildman–Crippen MR) is 57.2 cm³/mol. The molecule has 1 heterocycles. The molecule has 1 rings (SSSR count). The third kappa shape index (κ3) is 3.95. The number of ether oxygens (including phenoxy) is 2. The van der Waals surface area contributed by atoms with Gasteiger partial charge < -0.3 is 14.8 Å². The van der Waals surface area contributed by atoms with E-state index in [1.165, 1.54) is 6.42 Å². The number of rotatable bonds is 4. The molecule has 1 saturated heterocycles. The molecule has 0 aromatic heterocycles. The predicted octanol–water partition coefficient (Wildman–Crippen LogP) is 1.77. The van der Waals surface area contributed by atoms with Gasteiger partial charge in [0.2, 0.25) is 0 Å². The van der Waals surface area contributed by atoms with Crippen molar-refractivity contribution in [2.45, 2.75) is 45.9 Å². The Morgan fingerprint density at radius 1 is 1.36 bits per heavy atom. The maximum Gasteiger partial charge on any atom is 0.162 e. The monoisotopic (exact) mass is 201 g/mol. The number of hydrogen-bond donors (Lipinski definition) is 1. The van der Waals surface area contributed by atoms with Crippen LogP contribution >= 0.6 is 0 Å². The molecule has 0 aromatic rings. The van der Waals surface area contributed by atoms with Gasteiger partial charge in [-0.2, -0.15) is 0 Å². The minimum Gasteiger partial charge on any atom is -0.349 e. The Morgan fingerprint density at radius 2 is 1.93 bits per heavy atom. The molecule has 1 N–H and O–H groups in total. The van der Waals surface area contributed by atoms with Gasteiger partial charge in [-0.25, -0.2) is 0 Å². The van der Waals surface area contributed by atoms with Crippen molar-refractivity contribution in [3.63, 3.8) is 0 Å². The largest absolute Gasteiger partial charge is 0.349 e. The van der Waals surface area contributed by atoms with Crippen LogP contribution in [0.5, 0.6) is 0 Å². The van der Waals surface area contributed by atoms with E-state index in [4.69, 9.17) is 9.47 Å². The van der Waals surface area contributed by atoms with Gasteiger partial charge in [0, 0.05) is 0 Å². The summed E-state index contributed by atoms with van der Waals surface area (Å²) in [6.45, 7) is 10.9. The van der Waals surface area contributed by atoms with E-state index in [0.29, 0.717) is 6.04 Å². The van der Waals surface area contributed by atoms with Crippen LogP contribution < -0.4 is 5.32 Å². The summed E-state index contributed by atoms with van der Waals surface area (Å²) >= 11 is 0. The Balaban J connectivity index is 2.16. The van der Waals surface area contributed by atoms with Crippen LogP contribution in [0.3, 0.4) is 0 Å². The lowest BCUT2D eigenvalue weighted by atomic mass is 10.1. The standard InChI is InChI=1S/C11H23NO2/c1-5-9(2)6-12-10-7-13-11(3,4)14-8-10/h9-10,12H,5-8H2,1-4H3. The minimum atomic E-state index is -0.394. The molecular weight excluding hydrogens is 178 g/mol. The van der Waals surface area contributed by atoms with Crippen LogP contribution in [0.2, 0.25) is 0 Å². The maximum atomic E-state index is 5.56. The zero-order valence-electron chi connectivity index (χ0n) is 9.80. The first-order chi connectivity index (χ1) is 6.53. The van der Waals surface area contributed by atoms with Crippen LogP contribution in [0.25, 0.3) is 0 Å². The molecule has 0 aliphatic carbocycles. The summed E-state index contributed by atoms with van der Waals surface area (Å²) in [5.41, 5.74) is 0. The normalized spacial score (nSPS) is 24.9. The van der Waals surface area contributed by atoms with E-state index < -0.39 is 5.79 Å². The zero-order chi connectivity index (χ0) is 10.6. The van der Waals surface area contributed by atoms with E-state index in [0.717, 1.165) is 25.7 Å². The van der Waals surface area contributed by atoms with E-state index in [2.05, 4.69) is 19.2 Å². The SMILES string of the molecule is CCC(C)CNC1COC(C)(C)OC1. The molecular formula is C11H23NO2. The van der Waals surface area contributed by atoms with Gasteiger partial charge in [0.25, 0.3) is 0 Å². The van der Waals surface area contributed by atoms with Crippen molar-refractivity contribution in [2.75, 3.05) is 19.8 Å². The van der Waals surface area contributed by atoms with Crippen molar-refractivity contribution in [1.29, 1.82) is 0 Å². The second-order valence-electron chi connectivity index (χ2n) is 4.64. The molecule has 3 heteroatoms. The molecule has 1 aliphatic heterocycles. The first-order valence-corrected chi connectivity index (χ1v) is 5.55. The fraction of sp³-hybridized carbons (Fsp3) is 1.00. The van der Waals surface area contributed by atoms with E-state index in [1.807, 2.05) is 13.8 Å². The summed E-state index contributed by atoms with van der Waals surface area (Å²) in [5, 5.41) is 3.46. The van der Waals surface area contributed by atoms with Gasteiger partial charge in [-0.3, -0.25) is 0 Å². The third-order valence-corrected chi connectivity index (χ3v) is 2.72. The molecule has 0 spiro atoms. The van der Waals surface area contributed by atoms with Crippen molar-refractivity contribution in [2.24, 2.45) is 5.92 Å². The number of nitrogens with one attached hydrogen (secondary N) is 1. The molecule has 1 unspecified atom stereocenters. The Kier molecular flexibility index (Phi) is 4.35. The molecule has 14 heavy (non-hydrogen) atoms. The lowest BCUT2D eigenvalue weighted by Gasteiger charge is -2.35. The quantitative estimate of drug-likeness (QED) is 0.752. The topological polar surface area (TPSA) is 30.5 Å². The summed E-state index contributed by atoms with van der Waals surface area (Å²) in [4.78, 5) is 0. The van der Waals surface area contributed by atoms with Crippen molar-refractivity contribution in [1.82, 2.24) is 5.32 Å².